The maximum absolute atomic E-state index is 13.3. The van der Waals surface area contributed by atoms with Crippen molar-refractivity contribution in [1.82, 2.24) is 0 Å². The van der Waals surface area contributed by atoms with Crippen LogP contribution in [0.15, 0.2) is 18.2 Å². The van der Waals surface area contributed by atoms with Gasteiger partial charge in [0, 0.05) is 12.7 Å². The molecule has 0 aliphatic heterocycles. The highest BCUT2D eigenvalue weighted by Crippen LogP contribution is 2.36. The molecule has 4 heteroatoms. The largest absolute Gasteiger partial charge is 0.496 e. The number of aliphatic hydroxyl groups is 1. The van der Waals surface area contributed by atoms with Gasteiger partial charge < -0.3 is 14.6 Å². The summed E-state index contributed by atoms with van der Waals surface area (Å²) in [6.07, 6.45) is 0. The second-order valence-electron chi connectivity index (χ2n) is 4.36. The molecule has 1 rings (SSSR count). The zero-order valence-electron chi connectivity index (χ0n) is 10.7. The minimum absolute atomic E-state index is 0.0878. The molecule has 0 fully saturated rings. The van der Waals surface area contributed by atoms with Gasteiger partial charge in [0.1, 0.15) is 17.2 Å². The van der Waals surface area contributed by atoms with Crippen molar-refractivity contribution < 1.29 is 19.0 Å². The van der Waals surface area contributed by atoms with Gasteiger partial charge in [-0.1, -0.05) is 13.8 Å². The Hall–Kier alpha value is -1.13. The summed E-state index contributed by atoms with van der Waals surface area (Å²) < 4.78 is 23.5. The van der Waals surface area contributed by atoms with Crippen LogP contribution in [0.5, 0.6) is 5.75 Å². The summed E-state index contributed by atoms with van der Waals surface area (Å²) in [5.41, 5.74) is -0.848. The fourth-order valence-corrected chi connectivity index (χ4v) is 1.79. The first-order valence-corrected chi connectivity index (χ1v) is 5.51. The summed E-state index contributed by atoms with van der Waals surface area (Å²) in [4.78, 5) is 0. The summed E-state index contributed by atoms with van der Waals surface area (Å²) in [5.74, 6) is -0.0752. The Bertz CT molecular complexity index is 379. The van der Waals surface area contributed by atoms with Gasteiger partial charge in [-0.15, -0.1) is 0 Å². The molecule has 17 heavy (non-hydrogen) atoms. The van der Waals surface area contributed by atoms with E-state index in [0.717, 1.165) is 0 Å². The average molecular weight is 242 g/mol. The molecule has 1 aromatic carbocycles. The summed E-state index contributed by atoms with van der Waals surface area (Å²) in [5, 5.41) is 10.6. The van der Waals surface area contributed by atoms with Crippen LogP contribution < -0.4 is 4.74 Å². The molecule has 0 saturated heterocycles. The summed E-state index contributed by atoms with van der Waals surface area (Å²) >= 11 is 0. The summed E-state index contributed by atoms with van der Waals surface area (Å²) in [6.45, 7) is 3.79. The quantitative estimate of drug-likeness (QED) is 0.861. The van der Waals surface area contributed by atoms with Crippen molar-refractivity contribution in [1.29, 1.82) is 0 Å². The monoisotopic (exact) mass is 242 g/mol. The zero-order chi connectivity index (χ0) is 13.1. The predicted octanol–water partition coefficient (Wildman–Crippen LogP) is 2.32. The van der Waals surface area contributed by atoms with E-state index in [4.69, 9.17) is 9.47 Å². The van der Waals surface area contributed by atoms with Crippen molar-refractivity contribution in [2.45, 2.75) is 19.4 Å². The summed E-state index contributed by atoms with van der Waals surface area (Å²) in [6, 6.07) is 4.10. The van der Waals surface area contributed by atoms with Crippen LogP contribution in [-0.4, -0.2) is 25.9 Å². The topological polar surface area (TPSA) is 38.7 Å². The van der Waals surface area contributed by atoms with Crippen molar-refractivity contribution in [3.8, 4) is 5.75 Å². The molecule has 0 aliphatic rings. The van der Waals surface area contributed by atoms with E-state index in [9.17, 15) is 9.50 Å². The van der Waals surface area contributed by atoms with Crippen molar-refractivity contribution in [3.63, 3.8) is 0 Å². The van der Waals surface area contributed by atoms with Crippen molar-refractivity contribution >= 4 is 0 Å². The van der Waals surface area contributed by atoms with Gasteiger partial charge in [0.25, 0.3) is 0 Å². The second kappa shape index (κ2) is 5.47. The van der Waals surface area contributed by atoms with E-state index >= 15 is 0 Å². The normalized spacial score (nSPS) is 14.8. The van der Waals surface area contributed by atoms with E-state index in [1.165, 1.54) is 32.4 Å². The number of halogens is 1. The number of rotatable bonds is 5. The molecule has 0 saturated carbocycles. The molecule has 1 unspecified atom stereocenters. The maximum atomic E-state index is 13.3. The molecule has 0 amide bonds. The standard InChI is InChI=1S/C13H19FO3/c1-9(2)13(15,8-16-3)11-7-10(14)5-6-12(11)17-4/h5-7,9,15H,8H2,1-4H3. The minimum atomic E-state index is -1.26. The van der Waals surface area contributed by atoms with E-state index < -0.39 is 11.4 Å². The molecule has 1 N–H and O–H groups in total. The Morgan fingerprint density at radius 3 is 2.47 bits per heavy atom. The van der Waals surface area contributed by atoms with E-state index in [-0.39, 0.29) is 12.5 Å². The van der Waals surface area contributed by atoms with Gasteiger partial charge in [-0.25, -0.2) is 4.39 Å². The molecule has 1 aromatic rings. The fraction of sp³-hybridized carbons (Fsp3) is 0.538. The fourth-order valence-electron chi connectivity index (χ4n) is 1.79. The molecule has 0 aromatic heterocycles. The second-order valence-corrected chi connectivity index (χ2v) is 4.36. The number of hydrogen-bond donors (Lipinski definition) is 1. The average Bonchev–Trinajstić information content (AvgIpc) is 2.29. The van der Waals surface area contributed by atoms with Crippen LogP contribution in [0.4, 0.5) is 4.39 Å². The van der Waals surface area contributed by atoms with Gasteiger partial charge in [0.05, 0.1) is 13.7 Å². The van der Waals surface area contributed by atoms with Gasteiger partial charge >= 0.3 is 0 Å². The molecule has 0 heterocycles. The molecule has 96 valence electrons. The Morgan fingerprint density at radius 1 is 1.35 bits per heavy atom. The van der Waals surface area contributed by atoms with Crippen LogP contribution in [0.2, 0.25) is 0 Å². The molecule has 0 radical (unpaired) electrons. The Kier molecular flexibility index (Phi) is 4.48. The third kappa shape index (κ3) is 2.76. The first kappa shape index (κ1) is 13.9. The highest BCUT2D eigenvalue weighted by atomic mass is 19.1. The SMILES string of the molecule is COCC(O)(c1cc(F)ccc1OC)C(C)C. The first-order valence-electron chi connectivity index (χ1n) is 5.51. The van der Waals surface area contributed by atoms with Gasteiger partial charge in [0.15, 0.2) is 0 Å². The Balaban J connectivity index is 3.31. The van der Waals surface area contributed by atoms with Crippen LogP contribution >= 0.6 is 0 Å². The molecular weight excluding hydrogens is 223 g/mol. The molecule has 0 aliphatic carbocycles. The van der Waals surface area contributed by atoms with Crippen LogP contribution in [0, 0.1) is 11.7 Å². The van der Waals surface area contributed by atoms with Crippen molar-refractivity contribution in [2.75, 3.05) is 20.8 Å². The smallest absolute Gasteiger partial charge is 0.125 e. The molecule has 1 atom stereocenters. The van der Waals surface area contributed by atoms with Crippen LogP contribution in [0.1, 0.15) is 19.4 Å². The number of hydrogen-bond acceptors (Lipinski definition) is 3. The lowest BCUT2D eigenvalue weighted by molar-refractivity contribution is -0.0714. The van der Waals surface area contributed by atoms with Gasteiger partial charge in [-0.3, -0.25) is 0 Å². The lowest BCUT2D eigenvalue weighted by atomic mass is 9.83. The van der Waals surface area contributed by atoms with Gasteiger partial charge in [0.2, 0.25) is 0 Å². The molecular formula is C13H19FO3. The molecule has 0 bridgehead atoms. The number of ether oxygens (including phenoxy) is 2. The lowest BCUT2D eigenvalue weighted by Gasteiger charge is -2.33. The van der Waals surface area contributed by atoms with E-state index in [1.807, 2.05) is 13.8 Å². The zero-order valence-corrected chi connectivity index (χ0v) is 10.7. The Morgan fingerprint density at radius 2 is 2.00 bits per heavy atom. The molecule has 3 nitrogen and oxygen atoms in total. The van der Waals surface area contributed by atoms with E-state index in [0.29, 0.717) is 11.3 Å². The third-order valence-electron chi connectivity index (χ3n) is 2.95. The van der Waals surface area contributed by atoms with Crippen molar-refractivity contribution in [3.05, 3.63) is 29.6 Å². The summed E-state index contributed by atoms with van der Waals surface area (Å²) in [7, 11) is 2.99. The number of benzene rings is 1. The lowest BCUT2D eigenvalue weighted by Crippen LogP contribution is -2.37. The minimum Gasteiger partial charge on any atom is -0.496 e. The maximum Gasteiger partial charge on any atom is 0.125 e. The highest BCUT2D eigenvalue weighted by Gasteiger charge is 2.36. The first-order chi connectivity index (χ1) is 7.95. The van der Waals surface area contributed by atoms with E-state index in [1.54, 1.807) is 0 Å². The van der Waals surface area contributed by atoms with Gasteiger partial charge in [-0.2, -0.15) is 0 Å². The highest BCUT2D eigenvalue weighted by molar-refractivity contribution is 5.39. The van der Waals surface area contributed by atoms with Crippen molar-refractivity contribution in [2.24, 2.45) is 5.92 Å². The third-order valence-corrected chi connectivity index (χ3v) is 2.95. The van der Waals surface area contributed by atoms with E-state index in [2.05, 4.69) is 0 Å². The number of methoxy groups -OCH3 is 2. The van der Waals surface area contributed by atoms with Gasteiger partial charge in [-0.05, 0) is 24.1 Å². The van der Waals surface area contributed by atoms with Crippen LogP contribution in [-0.2, 0) is 10.3 Å². The van der Waals surface area contributed by atoms with Crippen LogP contribution in [0.3, 0.4) is 0 Å². The van der Waals surface area contributed by atoms with Crippen LogP contribution in [0.25, 0.3) is 0 Å². The predicted molar refractivity (Wildman–Crippen MR) is 63.6 cm³/mol. The Labute approximate surface area is 101 Å². The molecule has 0 spiro atoms.